The van der Waals surface area contributed by atoms with Crippen LogP contribution in [0.4, 0.5) is 34.1 Å². The van der Waals surface area contributed by atoms with Crippen molar-refractivity contribution in [2.24, 2.45) is 0 Å². The highest BCUT2D eigenvalue weighted by atomic mass is 32.1. The zero-order valence-electron chi connectivity index (χ0n) is 31.6. The number of nitrogens with zero attached hydrogens (tertiary/aromatic N) is 3. The van der Waals surface area contributed by atoms with Crippen molar-refractivity contribution in [3.05, 3.63) is 224 Å². The molecule has 58 heavy (non-hydrogen) atoms. The third kappa shape index (κ3) is 5.90. The second-order valence-electron chi connectivity index (χ2n) is 14.6. The Balaban J connectivity index is 1.04. The number of hydrogen-bond acceptors (Lipinski definition) is 3. The van der Waals surface area contributed by atoms with Crippen LogP contribution in [0.5, 0.6) is 0 Å². The van der Waals surface area contributed by atoms with Crippen molar-refractivity contribution in [3.63, 3.8) is 0 Å². The zero-order chi connectivity index (χ0) is 38.4. The van der Waals surface area contributed by atoms with Gasteiger partial charge in [0.1, 0.15) is 0 Å². The van der Waals surface area contributed by atoms with Crippen LogP contribution < -0.4 is 9.80 Å². The van der Waals surface area contributed by atoms with Gasteiger partial charge in [0, 0.05) is 70.8 Å². The molecule has 0 aliphatic carbocycles. The van der Waals surface area contributed by atoms with E-state index in [2.05, 4.69) is 239 Å². The lowest BCUT2D eigenvalue weighted by Crippen LogP contribution is -2.13. The Bertz CT molecular complexity index is 3190. The third-order valence-corrected chi connectivity index (χ3v) is 12.3. The minimum atomic E-state index is 1.09. The molecular weight excluding hydrogens is 723 g/mol. The molecule has 11 rings (SSSR count). The molecule has 0 N–H and O–H groups in total. The molecular formula is C54H37N3S. The summed E-state index contributed by atoms with van der Waals surface area (Å²) in [5, 5.41) is 5.05. The summed E-state index contributed by atoms with van der Waals surface area (Å²) in [4.78, 5) is 4.70. The van der Waals surface area contributed by atoms with Crippen LogP contribution in [0.15, 0.2) is 224 Å². The fraction of sp³-hybridized carbons (Fsp3) is 0. The van der Waals surface area contributed by atoms with E-state index in [1.165, 1.54) is 58.8 Å². The molecule has 2 heterocycles. The molecule has 4 heteroatoms. The molecule has 0 aliphatic heterocycles. The number of hydrogen-bond donors (Lipinski definition) is 0. The van der Waals surface area contributed by atoms with Crippen LogP contribution in [0, 0.1) is 0 Å². The topological polar surface area (TPSA) is 11.4 Å². The number of anilines is 6. The molecule has 0 aliphatic rings. The van der Waals surface area contributed by atoms with Crippen molar-refractivity contribution >= 4 is 87.4 Å². The maximum atomic E-state index is 2.39. The summed E-state index contributed by atoms with van der Waals surface area (Å²) in [5.41, 5.74) is 12.6. The lowest BCUT2D eigenvalue weighted by Gasteiger charge is -2.29. The van der Waals surface area contributed by atoms with Gasteiger partial charge in [-0.05, 0) is 120 Å². The predicted molar refractivity (Wildman–Crippen MR) is 248 cm³/mol. The molecule has 0 amide bonds. The van der Waals surface area contributed by atoms with Crippen molar-refractivity contribution in [3.8, 4) is 16.8 Å². The van der Waals surface area contributed by atoms with E-state index in [0.717, 1.165) is 34.1 Å². The van der Waals surface area contributed by atoms with Gasteiger partial charge in [-0.25, -0.2) is 0 Å². The van der Waals surface area contributed by atoms with Gasteiger partial charge in [0.25, 0.3) is 0 Å². The molecule has 9 aromatic carbocycles. The van der Waals surface area contributed by atoms with Gasteiger partial charge in [-0.15, -0.1) is 11.3 Å². The van der Waals surface area contributed by atoms with Crippen LogP contribution >= 0.6 is 11.3 Å². The summed E-state index contributed by atoms with van der Waals surface area (Å²) >= 11 is 1.86. The maximum Gasteiger partial charge on any atom is 0.0547 e. The normalized spacial score (nSPS) is 11.4. The highest BCUT2D eigenvalue weighted by Crippen LogP contribution is 2.44. The Kier molecular flexibility index (Phi) is 8.34. The quantitative estimate of drug-likeness (QED) is 0.153. The average Bonchev–Trinajstić information content (AvgIpc) is 3.83. The third-order valence-electron chi connectivity index (χ3n) is 11.1. The maximum absolute atomic E-state index is 2.39. The van der Waals surface area contributed by atoms with E-state index >= 15 is 0 Å². The number of fused-ring (bicyclic) bond motifs is 6. The standard InChI is InChI=1S/C54H37N3S/c1-5-16-40(17-6-1)55(41-18-7-2-8-19-41)44-24-15-25-45(36-44)56(42-20-9-3-10-21-42)46-30-33-54-50(37-46)49-34-38(29-32-53(49)58-54)39-28-31-48-47-26-13-14-27-51(47)57(52(48)35-39)43-22-11-4-12-23-43/h1-37H. The fourth-order valence-electron chi connectivity index (χ4n) is 8.49. The lowest BCUT2D eigenvalue weighted by atomic mass is 10.0. The van der Waals surface area contributed by atoms with Gasteiger partial charge in [0.05, 0.1) is 11.0 Å². The Morgan fingerprint density at radius 1 is 0.293 bits per heavy atom. The molecule has 0 bridgehead atoms. The lowest BCUT2D eigenvalue weighted by molar-refractivity contribution is 1.18. The molecule has 0 saturated carbocycles. The van der Waals surface area contributed by atoms with Crippen molar-refractivity contribution in [2.75, 3.05) is 9.80 Å². The Morgan fingerprint density at radius 2 is 0.759 bits per heavy atom. The summed E-state index contributed by atoms with van der Waals surface area (Å²) in [5.74, 6) is 0. The van der Waals surface area contributed by atoms with Crippen LogP contribution in [0.3, 0.4) is 0 Å². The SMILES string of the molecule is c1ccc(N(c2ccccc2)c2cccc(N(c3ccccc3)c3ccc4sc5ccc(-c6ccc7c8ccccc8n(-c8ccccc8)c7c6)cc5c4c3)c2)cc1. The second-order valence-corrected chi connectivity index (χ2v) is 15.7. The summed E-state index contributed by atoms with van der Waals surface area (Å²) < 4.78 is 4.95. The predicted octanol–water partition coefficient (Wildman–Crippen LogP) is 15.8. The second kappa shape index (κ2) is 14.3. The molecule has 0 fully saturated rings. The number of thiophene rings is 1. The highest BCUT2D eigenvalue weighted by molar-refractivity contribution is 7.25. The molecule has 11 aromatic rings. The molecule has 3 nitrogen and oxygen atoms in total. The van der Waals surface area contributed by atoms with Crippen molar-refractivity contribution in [1.82, 2.24) is 4.57 Å². The van der Waals surface area contributed by atoms with E-state index < -0.39 is 0 Å². The average molecular weight is 760 g/mol. The first-order chi connectivity index (χ1) is 28.8. The summed E-state index contributed by atoms with van der Waals surface area (Å²) in [6, 6.07) is 81.0. The van der Waals surface area contributed by atoms with E-state index in [1.54, 1.807) is 0 Å². The fourth-order valence-corrected chi connectivity index (χ4v) is 9.55. The van der Waals surface area contributed by atoms with Crippen LogP contribution in [-0.4, -0.2) is 4.57 Å². The number of rotatable bonds is 8. The van der Waals surface area contributed by atoms with Crippen molar-refractivity contribution in [1.29, 1.82) is 0 Å². The molecule has 0 radical (unpaired) electrons. The van der Waals surface area contributed by atoms with Crippen LogP contribution in [-0.2, 0) is 0 Å². The van der Waals surface area contributed by atoms with Crippen LogP contribution in [0.2, 0.25) is 0 Å². The first-order valence-corrected chi connectivity index (χ1v) is 20.5. The van der Waals surface area contributed by atoms with Gasteiger partial charge >= 0.3 is 0 Å². The van der Waals surface area contributed by atoms with Crippen LogP contribution in [0.1, 0.15) is 0 Å². The monoisotopic (exact) mass is 759 g/mol. The highest BCUT2D eigenvalue weighted by Gasteiger charge is 2.19. The van der Waals surface area contributed by atoms with Gasteiger partial charge in [-0.3, -0.25) is 0 Å². The smallest absolute Gasteiger partial charge is 0.0547 e. The van der Waals surface area contributed by atoms with Crippen molar-refractivity contribution in [2.45, 2.75) is 0 Å². The largest absolute Gasteiger partial charge is 0.310 e. The summed E-state index contributed by atoms with van der Waals surface area (Å²) in [7, 11) is 0. The van der Waals surface area contributed by atoms with E-state index in [0.29, 0.717) is 0 Å². The van der Waals surface area contributed by atoms with Gasteiger partial charge in [-0.2, -0.15) is 0 Å². The summed E-state index contributed by atoms with van der Waals surface area (Å²) in [6.45, 7) is 0. The van der Waals surface area contributed by atoms with Crippen LogP contribution in [0.25, 0.3) is 58.8 Å². The molecule has 2 aromatic heterocycles. The van der Waals surface area contributed by atoms with Gasteiger partial charge in [-0.1, -0.05) is 115 Å². The number of para-hydroxylation sites is 5. The van der Waals surface area contributed by atoms with Gasteiger partial charge in [0.15, 0.2) is 0 Å². The van der Waals surface area contributed by atoms with Gasteiger partial charge < -0.3 is 14.4 Å². The van der Waals surface area contributed by atoms with E-state index in [4.69, 9.17) is 0 Å². The minimum absolute atomic E-state index is 1.09. The van der Waals surface area contributed by atoms with Gasteiger partial charge in [0.2, 0.25) is 0 Å². The van der Waals surface area contributed by atoms with Crippen molar-refractivity contribution < 1.29 is 0 Å². The molecule has 274 valence electrons. The Labute approximate surface area is 341 Å². The van der Waals surface area contributed by atoms with E-state index in [1.807, 2.05) is 11.3 Å². The first-order valence-electron chi connectivity index (χ1n) is 19.7. The Morgan fingerprint density at radius 3 is 1.41 bits per heavy atom. The molecule has 0 spiro atoms. The Hall–Kier alpha value is -7.40. The number of benzene rings is 9. The molecule has 0 saturated heterocycles. The molecule has 0 unspecified atom stereocenters. The molecule has 0 atom stereocenters. The number of aromatic nitrogens is 1. The zero-order valence-corrected chi connectivity index (χ0v) is 32.4. The summed E-state index contributed by atoms with van der Waals surface area (Å²) in [6.07, 6.45) is 0. The van der Waals surface area contributed by atoms with E-state index in [-0.39, 0.29) is 0 Å². The first kappa shape index (κ1) is 33.9. The minimum Gasteiger partial charge on any atom is -0.310 e. The van der Waals surface area contributed by atoms with E-state index in [9.17, 15) is 0 Å².